The van der Waals surface area contributed by atoms with Crippen LogP contribution in [0.15, 0.2) is 44.0 Å². The van der Waals surface area contributed by atoms with Crippen LogP contribution in [0.4, 0.5) is 4.39 Å². The highest BCUT2D eigenvalue weighted by Gasteiger charge is 2.17. The summed E-state index contributed by atoms with van der Waals surface area (Å²) in [5.41, 5.74) is 1.24. The molecule has 3 heterocycles. The molecule has 6 nitrogen and oxygen atoms in total. The Kier molecular flexibility index (Phi) is 4.10. The van der Waals surface area contributed by atoms with Gasteiger partial charge in [0.05, 0.1) is 6.42 Å². The number of aromatic amines is 1. The number of halogens is 1. The van der Waals surface area contributed by atoms with Crippen LogP contribution in [0.2, 0.25) is 0 Å². The average Bonchev–Trinajstić information content (AvgIpc) is 3.24. The Morgan fingerprint density at radius 1 is 1.28 bits per heavy atom. The number of H-pyrrole nitrogens is 1. The summed E-state index contributed by atoms with van der Waals surface area (Å²) in [7, 11) is 0. The maximum atomic E-state index is 13.0. The van der Waals surface area contributed by atoms with Crippen molar-refractivity contribution in [2.45, 2.75) is 10.8 Å². The Balaban J connectivity index is 1.67. The number of hydrogen-bond acceptors (Lipinski definition) is 7. The molecule has 0 atom stereocenters. The molecule has 4 rings (SSSR count). The number of thioether (sulfide) groups is 1. The molecule has 0 aliphatic rings. The van der Waals surface area contributed by atoms with Crippen molar-refractivity contribution in [2.75, 3.05) is 6.26 Å². The zero-order valence-electron chi connectivity index (χ0n) is 12.9. The second-order valence-electron chi connectivity index (χ2n) is 5.20. The lowest BCUT2D eigenvalue weighted by Gasteiger charge is -1.96. The fourth-order valence-corrected chi connectivity index (χ4v) is 3.77. The molecule has 1 N–H and O–H groups in total. The molecular weight excluding hydrogens is 363 g/mol. The van der Waals surface area contributed by atoms with E-state index in [4.69, 9.17) is 4.42 Å². The Morgan fingerprint density at radius 2 is 2.08 bits per heavy atom. The monoisotopic (exact) mass is 374 g/mol. The molecule has 0 radical (unpaired) electrons. The Morgan fingerprint density at radius 3 is 2.84 bits per heavy atom. The number of benzene rings is 1. The van der Waals surface area contributed by atoms with Crippen LogP contribution < -0.4 is 5.43 Å². The van der Waals surface area contributed by atoms with Crippen molar-refractivity contribution in [1.29, 1.82) is 0 Å². The van der Waals surface area contributed by atoms with Gasteiger partial charge in [-0.05, 0) is 24.0 Å². The average molecular weight is 374 g/mol. The SMILES string of the molecule is CSc1nc2c(=O)c(-c3nnc(Cc4ccc(F)cc4)o3)c[nH]c2s1. The number of rotatable bonds is 4. The zero-order valence-corrected chi connectivity index (χ0v) is 14.6. The van der Waals surface area contributed by atoms with Crippen molar-refractivity contribution < 1.29 is 8.81 Å². The van der Waals surface area contributed by atoms with E-state index in [2.05, 4.69) is 20.2 Å². The van der Waals surface area contributed by atoms with Crippen LogP contribution >= 0.6 is 23.1 Å². The predicted octanol–water partition coefficient (Wildman–Crippen LogP) is 3.49. The third-order valence-corrected chi connectivity index (χ3v) is 5.53. The number of nitrogens with zero attached hydrogens (tertiary/aromatic N) is 3. The summed E-state index contributed by atoms with van der Waals surface area (Å²) >= 11 is 2.90. The van der Waals surface area contributed by atoms with Crippen molar-refractivity contribution in [2.24, 2.45) is 0 Å². The van der Waals surface area contributed by atoms with Gasteiger partial charge in [0.25, 0.3) is 5.89 Å². The summed E-state index contributed by atoms with van der Waals surface area (Å²) in [6, 6.07) is 6.04. The van der Waals surface area contributed by atoms with Crippen molar-refractivity contribution in [3.8, 4) is 11.5 Å². The summed E-state index contributed by atoms with van der Waals surface area (Å²) in [6.45, 7) is 0. The van der Waals surface area contributed by atoms with Crippen LogP contribution in [-0.2, 0) is 6.42 Å². The van der Waals surface area contributed by atoms with Gasteiger partial charge in [0.2, 0.25) is 11.3 Å². The van der Waals surface area contributed by atoms with Crippen LogP contribution in [0.1, 0.15) is 11.5 Å². The molecule has 0 unspecified atom stereocenters. The fraction of sp³-hybridized carbons (Fsp3) is 0.125. The number of hydrogen-bond donors (Lipinski definition) is 1. The van der Waals surface area contributed by atoms with E-state index in [1.54, 1.807) is 18.3 Å². The van der Waals surface area contributed by atoms with Gasteiger partial charge in [-0.1, -0.05) is 35.2 Å². The van der Waals surface area contributed by atoms with E-state index < -0.39 is 0 Å². The molecule has 1 aromatic carbocycles. The second kappa shape index (κ2) is 6.41. The third kappa shape index (κ3) is 3.08. The number of thiazole rings is 1. The minimum Gasteiger partial charge on any atom is -0.420 e. The highest BCUT2D eigenvalue weighted by molar-refractivity contribution is 8.00. The second-order valence-corrected chi connectivity index (χ2v) is 7.25. The van der Waals surface area contributed by atoms with Gasteiger partial charge in [0.15, 0.2) is 4.34 Å². The fourth-order valence-electron chi connectivity index (χ4n) is 2.34. The van der Waals surface area contributed by atoms with Crippen LogP contribution in [0.3, 0.4) is 0 Å². The molecule has 4 aromatic rings. The van der Waals surface area contributed by atoms with Gasteiger partial charge >= 0.3 is 0 Å². The summed E-state index contributed by atoms with van der Waals surface area (Å²) in [5, 5.41) is 7.92. The molecule has 0 fully saturated rings. The van der Waals surface area contributed by atoms with E-state index in [1.165, 1.54) is 35.2 Å². The van der Waals surface area contributed by atoms with Gasteiger partial charge in [0.1, 0.15) is 21.7 Å². The molecular formula is C16H11FN4O2S2. The first-order valence-electron chi connectivity index (χ1n) is 7.27. The summed E-state index contributed by atoms with van der Waals surface area (Å²) in [6.07, 6.45) is 3.83. The van der Waals surface area contributed by atoms with Gasteiger partial charge in [-0.25, -0.2) is 9.37 Å². The number of nitrogens with one attached hydrogen (secondary N) is 1. The van der Waals surface area contributed by atoms with E-state index >= 15 is 0 Å². The molecule has 3 aromatic heterocycles. The topological polar surface area (TPSA) is 84.7 Å². The van der Waals surface area contributed by atoms with E-state index in [0.717, 1.165) is 9.90 Å². The Bertz CT molecular complexity index is 1100. The van der Waals surface area contributed by atoms with Crippen LogP contribution in [0, 0.1) is 5.82 Å². The first-order valence-corrected chi connectivity index (χ1v) is 9.31. The maximum absolute atomic E-state index is 13.0. The molecule has 0 aliphatic heterocycles. The van der Waals surface area contributed by atoms with Crippen molar-refractivity contribution in [1.82, 2.24) is 20.2 Å². The molecule has 9 heteroatoms. The molecule has 0 aliphatic carbocycles. The molecule has 0 saturated heterocycles. The van der Waals surface area contributed by atoms with Crippen molar-refractivity contribution in [3.63, 3.8) is 0 Å². The van der Waals surface area contributed by atoms with Crippen LogP contribution in [0.25, 0.3) is 21.8 Å². The van der Waals surface area contributed by atoms with Crippen molar-refractivity contribution in [3.05, 3.63) is 58.0 Å². The smallest absolute Gasteiger partial charge is 0.253 e. The van der Waals surface area contributed by atoms with Gasteiger partial charge < -0.3 is 9.40 Å². The quantitative estimate of drug-likeness (QED) is 0.551. The summed E-state index contributed by atoms with van der Waals surface area (Å²) in [5.74, 6) is 0.186. The van der Waals surface area contributed by atoms with E-state index in [1.807, 2.05) is 6.26 Å². The highest BCUT2D eigenvalue weighted by Crippen LogP contribution is 2.26. The minimum atomic E-state index is -0.303. The largest absolute Gasteiger partial charge is 0.420 e. The first kappa shape index (κ1) is 16.0. The van der Waals surface area contributed by atoms with Crippen LogP contribution in [0.5, 0.6) is 0 Å². The first-order chi connectivity index (χ1) is 12.1. The van der Waals surface area contributed by atoms with Gasteiger partial charge in [0, 0.05) is 6.20 Å². The number of aromatic nitrogens is 4. The minimum absolute atomic E-state index is 0.138. The lowest BCUT2D eigenvalue weighted by atomic mass is 10.1. The summed E-state index contributed by atoms with van der Waals surface area (Å²) in [4.78, 5) is 20.7. The number of fused-ring (bicyclic) bond motifs is 1. The molecule has 0 amide bonds. The molecule has 0 bridgehead atoms. The van der Waals surface area contributed by atoms with Crippen molar-refractivity contribution >= 4 is 33.4 Å². The molecule has 126 valence electrons. The van der Waals surface area contributed by atoms with E-state index in [0.29, 0.717) is 22.7 Å². The van der Waals surface area contributed by atoms with Gasteiger partial charge in [-0.3, -0.25) is 4.79 Å². The van der Waals surface area contributed by atoms with Gasteiger partial charge in [-0.2, -0.15) is 0 Å². The lowest BCUT2D eigenvalue weighted by Crippen LogP contribution is -2.06. The maximum Gasteiger partial charge on any atom is 0.253 e. The molecule has 25 heavy (non-hydrogen) atoms. The summed E-state index contributed by atoms with van der Waals surface area (Å²) < 4.78 is 19.4. The lowest BCUT2D eigenvalue weighted by molar-refractivity contribution is 0.517. The normalized spacial score (nSPS) is 11.3. The zero-order chi connectivity index (χ0) is 17.4. The van der Waals surface area contributed by atoms with Gasteiger partial charge in [-0.15, -0.1) is 10.2 Å². The van der Waals surface area contributed by atoms with E-state index in [-0.39, 0.29) is 22.7 Å². The highest BCUT2D eigenvalue weighted by atomic mass is 32.2. The molecule has 0 saturated carbocycles. The third-order valence-electron chi connectivity index (χ3n) is 3.56. The predicted molar refractivity (Wildman–Crippen MR) is 94.5 cm³/mol. The van der Waals surface area contributed by atoms with E-state index in [9.17, 15) is 9.18 Å². The van der Waals surface area contributed by atoms with Crippen LogP contribution in [-0.4, -0.2) is 26.4 Å². The molecule has 0 spiro atoms. The Labute approximate surface area is 149 Å². The number of pyridine rings is 1. The Hall–Kier alpha value is -2.52. The standard InChI is InChI=1S/C16H11FN4O2S2/c1-24-16-19-12-13(22)10(7-18-15(12)25-16)14-21-20-11(23-14)6-8-2-4-9(17)5-3-8/h2-5,7H,6H2,1H3,(H,18,22).